The number of benzene rings is 2. The summed E-state index contributed by atoms with van der Waals surface area (Å²) in [5.41, 5.74) is 1.48. The number of allylic oxidation sites excluding steroid dienone is 2. The van der Waals surface area contributed by atoms with E-state index < -0.39 is 0 Å². The summed E-state index contributed by atoms with van der Waals surface area (Å²) < 4.78 is 0. The molecule has 3 aliphatic rings. The molecule has 1 heterocycles. The molecule has 0 amide bonds. The lowest BCUT2D eigenvalue weighted by molar-refractivity contribution is 0.109. The van der Waals surface area contributed by atoms with Crippen molar-refractivity contribution < 1.29 is 0 Å². The van der Waals surface area contributed by atoms with Gasteiger partial charge < -0.3 is 4.90 Å². The van der Waals surface area contributed by atoms with E-state index in [1.54, 1.807) is 0 Å². The highest BCUT2D eigenvalue weighted by Gasteiger charge is 2.36. The van der Waals surface area contributed by atoms with Gasteiger partial charge >= 0.3 is 0 Å². The van der Waals surface area contributed by atoms with Gasteiger partial charge in [0.05, 0.1) is 0 Å². The molecule has 2 fully saturated rings. The molecule has 3 unspecified atom stereocenters. The fraction of sp³-hybridized carbons (Fsp3) is 0.478. The van der Waals surface area contributed by atoms with Crippen molar-refractivity contribution in [2.75, 3.05) is 32.7 Å². The minimum absolute atomic E-state index is 0.888. The second-order valence-electron chi connectivity index (χ2n) is 8.26. The van der Waals surface area contributed by atoms with Crippen LogP contribution in [0.15, 0.2) is 54.6 Å². The zero-order chi connectivity index (χ0) is 16.6. The van der Waals surface area contributed by atoms with E-state index in [9.17, 15) is 0 Å². The summed E-state index contributed by atoms with van der Waals surface area (Å²) in [4.78, 5) is 5.36. The van der Waals surface area contributed by atoms with Gasteiger partial charge in [0.15, 0.2) is 0 Å². The van der Waals surface area contributed by atoms with Crippen LogP contribution in [0.1, 0.15) is 18.4 Å². The molecule has 0 N–H and O–H groups in total. The zero-order valence-corrected chi connectivity index (χ0v) is 15.0. The van der Waals surface area contributed by atoms with Crippen LogP contribution < -0.4 is 0 Å². The van der Waals surface area contributed by atoms with Crippen LogP contribution in [0, 0.1) is 17.8 Å². The highest BCUT2D eigenvalue weighted by Crippen LogP contribution is 2.43. The van der Waals surface area contributed by atoms with Crippen LogP contribution in [0.25, 0.3) is 10.8 Å². The van der Waals surface area contributed by atoms with Crippen molar-refractivity contribution in [2.45, 2.75) is 19.4 Å². The van der Waals surface area contributed by atoms with Crippen LogP contribution in [0.4, 0.5) is 0 Å². The van der Waals surface area contributed by atoms with Crippen molar-refractivity contribution in [2.24, 2.45) is 17.8 Å². The molecule has 2 bridgehead atoms. The molecular weight excluding hydrogens is 304 g/mol. The summed E-state index contributed by atoms with van der Waals surface area (Å²) in [6, 6.07) is 15.5. The Bertz CT molecular complexity index is 767. The van der Waals surface area contributed by atoms with Crippen molar-refractivity contribution in [3.8, 4) is 0 Å². The predicted molar refractivity (Wildman–Crippen MR) is 105 cm³/mol. The van der Waals surface area contributed by atoms with Gasteiger partial charge in [-0.05, 0) is 46.9 Å². The molecule has 0 radical (unpaired) electrons. The van der Waals surface area contributed by atoms with E-state index in [2.05, 4.69) is 64.4 Å². The van der Waals surface area contributed by atoms with E-state index >= 15 is 0 Å². The number of hydrogen-bond acceptors (Lipinski definition) is 2. The third kappa shape index (κ3) is 3.14. The third-order valence-corrected chi connectivity index (χ3v) is 6.65. The van der Waals surface area contributed by atoms with E-state index in [4.69, 9.17) is 0 Å². The molecule has 130 valence electrons. The molecule has 25 heavy (non-hydrogen) atoms. The van der Waals surface area contributed by atoms with Gasteiger partial charge in [-0.25, -0.2) is 0 Å². The fourth-order valence-electron chi connectivity index (χ4n) is 5.24. The van der Waals surface area contributed by atoms with Crippen molar-refractivity contribution in [1.82, 2.24) is 9.80 Å². The van der Waals surface area contributed by atoms with Crippen LogP contribution in [-0.2, 0) is 6.54 Å². The quantitative estimate of drug-likeness (QED) is 0.775. The summed E-state index contributed by atoms with van der Waals surface area (Å²) >= 11 is 0. The lowest BCUT2D eigenvalue weighted by Crippen LogP contribution is -2.47. The SMILES string of the molecule is C1=CC2CC1CC2CN1CCN(Cc2cccc3ccccc23)CC1. The van der Waals surface area contributed by atoms with Gasteiger partial charge in [0.25, 0.3) is 0 Å². The predicted octanol–water partition coefficient (Wildman–Crippen LogP) is 4.17. The van der Waals surface area contributed by atoms with Crippen molar-refractivity contribution in [3.05, 3.63) is 60.2 Å². The maximum absolute atomic E-state index is 2.72. The zero-order valence-electron chi connectivity index (χ0n) is 15.0. The first kappa shape index (κ1) is 15.6. The molecule has 0 spiro atoms. The highest BCUT2D eigenvalue weighted by molar-refractivity contribution is 5.85. The first-order valence-electron chi connectivity index (χ1n) is 9.95. The number of piperazine rings is 1. The van der Waals surface area contributed by atoms with E-state index in [0.717, 1.165) is 24.3 Å². The van der Waals surface area contributed by atoms with E-state index in [1.807, 2.05) is 0 Å². The molecular formula is C23H28N2. The Balaban J connectivity index is 1.18. The largest absolute Gasteiger partial charge is 0.300 e. The average molecular weight is 332 g/mol. The Labute approximate surface area is 151 Å². The lowest BCUT2D eigenvalue weighted by Gasteiger charge is -2.37. The van der Waals surface area contributed by atoms with Gasteiger partial charge in [-0.15, -0.1) is 0 Å². The van der Waals surface area contributed by atoms with Gasteiger partial charge in [0.2, 0.25) is 0 Å². The normalized spacial score (nSPS) is 29.7. The van der Waals surface area contributed by atoms with Crippen LogP contribution in [0.3, 0.4) is 0 Å². The third-order valence-electron chi connectivity index (χ3n) is 6.65. The second kappa shape index (κ2) is 6.59. The van der Waals surface area contributed by atoms with Crippen molar-refractivity contribution in [1.29, 1.82) is 0 Å². The first-order chi connectivity index (χ1) is 12.3. The molecule has 2 heteroatoms. The molecule has 3 atom stereocenters. The molecule has 1 saturated heterocycles. The Morgan fingerprint density at radius 2 is 1.60 bits per heavy atom. The van der Waals surface area contributed by atoms with Crippen LogP contribution in [0.5, 0.6) is 0 Å². The number of nitrogens with zero attached hydrogens (tertiary/aromatic N) is 2. The average Bonchev–Trinajstić information content (AvgIpc) is 3.27. The topological polar surface area (TPSA) is 6.48 Å². The molecule has 5 rings (SSSR count). The maximum Gasteiger partial charge on any atom is 0.0240 e. The Morgan fingerprint density at radius 1 is 0.800 bits per heavy atom. The maximum atomic E-state index is 2.72. The summed E-state index contributed by atoms with van der Waals surface area (Å²) in [5.74, 6) is 2.72. The van der Waals surface area contributed by atoms with E-state index in [-0.39, 0.29) is 0 Å². The van der Waals surface area contributed by atoms with Gasteiger partial charge in [-0.1, -0.05) is 54.6 Å². The van der Waals surface area contributed by atoms with E-state index in [1.165, 1.54) is 61.9 Å². The molecule has 2 aromatic rings. The lowest BCUT2D eigenvalue weighted by atomic mass is 9.93. The molecule has 2 nitrogen and oxygen atoms in total. The summed E-state index contributed by atoms with van der Waals surface area (Å²) in [7, 11) is 0. The summed E-state index contributed by atoms with van der Waals surface area (Å²) in [6.45, 7) is 7.31. The molecule has 2 aromatic carbocycles. The van der Waals surface area contributed by atoms with Crippen LogP contribution in [0.2, 0.25) is 0 Å². The van der Waals surface area contributed by atoms with Crippen molar-refractivity contribution >= 4 is 10.8 Å². The number of fused-ring (bicyclic) bond motifs is 3. The molecule has 1 saturated carbocycles. The number of rotatable bonds is 4. The summed E-state index contributed by atoms with van der Waals surface area (Å²) in [5, 5.41) is 2.78. The van der Waals surface area contributed by atoms with Gasteiger partial charge in [-0.3, -0.25) is 4.90 Å². The number of hydrogen-bond donors (Lipinski definition) is 0. The standard InChI is InChI=1S/C23H28N2/c1-2-7-23-19(4-1)5-3-6-21(23)16-24-10-12-25(13-11-24)17-22-15-18-8-9-20(22)14-18/h1-9,18,20,22H,10-17H2. The molecule has 0 aromatic heterocycles. The van der Waals surface area contributed by atoms with Crippen LogP contribution in [-0.4, -0.2) is 42.5 Å². The molecule has 1 aliphatic heterocycles. The molecule has 2 aliphatic carbocycles. The van der Waals surface area contributed by atoms with Crippen molar-refractivity contribution in [3.63, 3.8) is 0 Å². The Hall–Kier alpha value is -1.64. The monoisotopic (exact) mass is 332 g/mol. The van der Waals surface area contributed by atoms with E-state index in [0.29, 0.717) is 0 Å². The smallest absolute Gasteiger partial charge is 0.0240 e. The Kier molecular flexibility index (Phi) is 4.11. The van der Waals surface area contributed by atoms with Crippen LogP contribution >= 0.6 is 0 Å². The minimum Gasteiger partial charge on any atom is -0.300 e. The summed E-state index contributed by atoms with van der Waals surface area (Å²) in [6.07, 6.45) is 7.84. The van der Waals surface area contributed by atoms with Gasteiger partial charge in [-0.2, -0.15) is 0 Å². The Morgan fingerprint density at radius 3 is 2.40 bits per heavy atom. The fourth-order valence-corrected chi connectivity index (χ4v) is 5.24. The second-order valence-corrected chi connectivity index (χ2v) is 8.26. The van der Waals surface area contributed by atoms with Gasteiger partial charge in [0, 0.05) is 39.3 Å². The van der Waals surface area contributed by atoms with Gasteiger partial charge in [0.1, 0.15) is 0 Å². The first-order valence-corrected chi connectivity index (χ1v) is 9.95. The highest BCUT2D eigenvalue weighted by atomic mass is 15.3. The minimum atomic E-state index is 0.888.